The first-order chi connectivity index (χ1) is 20.1. The van der Waals surface area contributed by atoms with E-state index in [2.05, 4.69) is 38.5 Å². The number of piperidine rings is 1. The van der Waals surface area contributed by atoms with Crippen molar-refractivity contribution >= 4 is 34.0 Å². The van der Waals surface area contributed by atoms with Gasteiger partial charge in [0.15, 0.2) is 0 Å². The van der Waals surface area contributed by atoms with Gasteiger partial charge in [0, 0.05) is 36.9 Å². The Labute approximate surface area is 261 Å². The highest BCUT2D eigenvalue weighted by Gasteiger charge is 2.20. The summed E-state index contributed by atoms with van der Waals surface area (Å²) in [6, 6.07) is 21.1. The molecule has 1 atom stereocenters. The predicted molar refractivity (Wildman–Crippen MR) is 174 cm³/mol. The van der Waals surface area contributed by atoms with E-state index in [1.807, 2.05) is 38.1 Å². The average molecular weight is 631 g/mol. The van der Waals surface area contributed by atoms with E-state index < -0.39 is 16.1 Å². The highest BCUT2D eigenvalue weighted by molar-refractivity contribution is 7.92. The Hall–Kier alpha value is -3.15. The number of nitrogens with zero attached hydrogens (tertiary/aromatic N) is 1. The van der Waals surface area contributed by atoms with Crippen molar-refractivity contribution in [3.8, 4) is 11.5 Å². The molecule has 1 heterocycles. The van der Waals surface area contributed by atoms with Crippen molar-refractivity contribution in [1.29, 1.82) is 0 Å². The Bertz CT molecular complexity index is 1430. The number of rotatable bonds is 13. The van der Waals surface area contributed by atoms with Crippen LogP contribution in [0.15, 0.2) is 66.7 Å². The molecule has 1 saturated heterocycles. The largest absolute Gasteiger partial charge is 0.457 e. The first-order valence-electron chi connectivity index (χ1n) is 14.4. The van der Waals surface area contributed by atoms with Gasteiger partial charge in [0.1, 0.15) is 11.5 Å². The van der Waals surface area contributed by atoms with Crippen molar-refractivity contribution < 1.29 is 23.1 Å². The fourth-order valence-corrected chi connectivity index (χ4v) is 5.55. The van der Waals surface area contributed by atoms with E-state index in [0.717, 1.165) is 55.6 Å². The smallest absolute Gasteiger partial charge is 0.251 e. The molecule has 0 bridgehead atoms. The summed E-state index contributed by atoms with van der Waals surface area (Å²) in [5.41, 5.74) is 4.46. The number of amides is 1. The molecule has 0 aromatic heterocycles. The molecule has 4 rings (SSSR count). The number of benzene rings is 3. The lowest BCUT2D eigenvalue weighted by molar-refractivity contribution is 0.0913. The molecule has 0 saturated carbocycles. The Morgan fingerprint density at radius 3 is 2.26 bits per heavy atom. The summed E-state index contributed by atoms with van der Waals surface area (Å²) in [5, 5.41) is 16.3. The van der Waals surface area contributed by atoms with Crippen LogP contribution in [0.3, 0.4) is 0 Å². The monoisotopic (exact) mass is 630 g/mol. The number of hydrogen-bond donors (Lipinski definition) is 4. The van der Waals surface area contributed by atoms with Crippen LogP contribution in [0.4, 0.5) is 5.69 Å². The molecule has 11 heteroatoms. The van der Waals surface area contributed by atoms with Crippen LogP contribution in [0.25, 0.3) is 0 Å². The highest BCUT2D eigenvalue weighted by atomic mass is 35.5. The van der Waals surface area contributed by atoms with Crippen molar-refractivity contribution in [1.82, 2.24) is 15.5 Å². The quantitative estimate of drug-likeness (QED) is 0.213. The predicted octanol–water partition coefficient (Wildman–Crippen LogP) is 4.84. The van der Waals surface area contributed by atoms with Crippen LogP contribution < -0.4 is 20.1 Å². The van der Waals surface area contributed by atoms with E-state index in [1.54, 1.807) is 24.3 Å². The third kappa shape index (κ3) is 10.8. The van der Waals surface area contributed by atoms with Crippen LogP contribution in [0.2, 0.25) is 0 Å². The Kier molecular flexibility index (Phi) is 12.8. The molecule has 0 radical (unpaired) electrons. The van der Waals surface area contributed by atoms with E-state index in [-0.39, 0.29) is 24.9 Å². The van der Waals surface area contributed by atoms with Crippen LogP contribution in [0, 0.1) is 6.92 Å². The molecule has 1 fully saturated rings. The molecule has 4 N–H and O–H groups in total. The summed E-state index contributed by atoms with van der Waals surface area (Å²) in [7, 11) is -3.31. The molecule has 0 spiro atoms. The summed E-state index contributed by atoms with van der Waals surface area (Å²) in [6.45, 7) is 7.74. The molecule has 234 valence electrons. The minimum Gasteiger partial charge on any atom is -0.457 e. The fraction of sp³-hybridized carbons (Fsp3) is 0.406. The van der Waals surface area contributed by atoms with Gasteiger partial charge in [-0.1, -0.05) is 31.2 Å². The van der Waals surface area contributed by atoms with E-state index in [9.17, 15) is 18.3 Å². The average Bonchev–Trinajstić information content (AvgIpc) is 2.97. The molecule has 3 aromatic rings. The van der Waals surface area contributed by atoms with E-state index in [4.69, 9.17) is 4.74 Å². The number of likely N-dealkylation sites (tertiary alicyclic amines) is 1. The summed E-state index contributed by atoms with van der Waals surface area (Å²) < 4.78 is 31.1. The number of hydrogen-bond acceptors (Lipinski definition) is 7. The number of nitrogens with one attached hydrogen (secondary N) is 3. The van der Waals surface area contributed by atoms with Crippen LogP contribution in [0.1, 0.15) is 53.2 Å². The maximum absolute atomic E-state index is 12.6. The van der Waals surface area contributed by atoms with Gasteiger partial charge in [0.05, 0.1) is 12.4 Å². The van der Waals surface area contributed by atoms with Gasteiger partial charge in [0.25, 0.3) is 5.91 Å². The number of sulfonamides is 1. The van der Waals surface area contributed by atoms with Crippen LogP contribution >= 0.6 is 12.4 Å². The van der Waals surface area contributed by atoms with Crippen molar-refractivity contribution in [3.63, 3.8) is 0 Å². The Morgan fingerprint density at radius 1 is 1.02 bits per heavy atom. The zero-order chi connectivity index (χ0) is 30.1. The zero-order valence-corrected chi connectivity index (χ0v) is 26.6. The lowest BCUT2D eigenvalue weighted by atomic mass is 10.00. The SMILES string of the molecule is CCC(O)CNC(=O)c1cccc(CNC2CCN(Cc3ccc(Oc4ccc(NS(C)(=O)=O)cc4)cc3)CC2)c1C.Cl. The number of halogens is 1. The number of carbonyl (C=O) groups is 1. The first kappa shape index (κ1) is 34.3. The fourth-order valence-electron chi connectivity index (χ4n) is 4.98. The molecule has 1 amide bonds. The third-order valence-electron chi connectivity index (χ3n) is 7.55. The normalized spacial score (nSPS) is 14.9. The van der Waals surface area contributed by atoms with Crippen LogP contribution in [0.5, 0.6) is 11.5 Å². The van der Waals surface area contributed by atoms with E-state index in [0.29, 0.717) is 36.0 Å². The van der Waals surface area contributed by atoms with Crippen molar-refractivity contribution in [2.45, 2.75) is 58.3 Å². The molecular weight excluding hydrogens is 588 g/mol. The lowest BCUT2D eigenvalue weighted by Gasteiger charge is -2.32. The first-order valence-corrected chi connectivity index (χ1v) is 16.3. The van der Waals surface area contributed by atoms with Crippen molar-refractivity contribution in [2.75, 3.05) is 30.6 Å². The molecule has 1 aliphatic heterocycles. The van der Waals surface area contributed by atoms with Gasteiger partial charge in [0.2, 0.25) is 10.0 Å². The second-order valence-corrected chi connectivity index (χ2v) is 12.7. The van der Waals surface area contributed by atoms with Gasteiger partial charge >= 0.3 is 0 Å². The molecule has 1 unspecified atom stereocenters. The molecular formula is C32H43ClN4O5S. The minimum atomic E-state index is -3.31. The third-order valence-corrected chi connectivity index (χ3v) is 8.16. The lowest BCUT2D eigenvalue weighted by Crippen LogP contribution is -2.42. The van der Waals surface area contributed by atoms with Crippen molar-refractivity contribution in [3.05, 3.63) is 89.0 Å². The summed E-state index contributed by atoms with van der Waals surface area (Å²) >= 11 is 0. The second-order valence-electron chi connectivity index (χ2n) is 10.9. The second kappa shape index (κ2) is 16.1. The molecule has 3 aromatic carbocycles. The van der Waals surface area contributed by atoms with Gasteiger partial charge in [-0.05, 0) is 98.4 Å². The van der Waals surface area contributed by atoms with Crippen LogP contribution in [-0.2, 0) is 23.1 Å². The molecule has 43 heavy (non-hydrogen) atoms. The molecule has 0 aliphatic carbocycles. The number of ether oxygens (including phenoxy) is 1. The van der Waals surface area contributed by atoms with Gasteiger partial charge < -0.3 is 20.5 Å². The Balaban J connectivity index is 0.00000506. The standard InChI is InChI=1S/C32H42N4O5S.ClH/c1-4-28(37)21-34-32(38)31-7-5-6-25(23(31)2)20-33-26-16-18-36(19-17-26)22-24-8-12-29(13-9-24)41-30-14-10-27(11-15-30)35-42(3,39)40;/h5-15,26,28,33,35,37H,4,16-22H2,1-3H3,(H,34,38);1H. The van der Waals surface area contributed by atoms with E-state index in [1.165, 1.54) is 5.56 Å². The van der Waals surface area contributed by atoms with Gasteiger partial charge in [-0.25, -0.2) is 8.42 Å². The topological polar surface area (TPSA) is 120 Å². The van der Waals surface area contributed by atoms with Gasteiger partial charge in [-0.2, -0.15) is 0 Å². The molecule has 1 aliphatic rings. The number of carbonyl (C=O) groups excluding carboxylic acids is 1. The highest BCUT2D eigenvalue weighted by Crippen LogP contribution is 2.24. The van der Waals surface area contributed by atoms with Gasteiger partial charge in [-0.15, -0.1) is 12.4 Å². The van der Waals surface area contributed by atoms with E-state index >= 15 is 0 Å². The van der Waals surface area contributed by atoms with Crippen molar-refractivity contribution in [2.24, 2.45) is 0 Å². The number of aliphatic hydroxyl groups excluding tert-OH is 1. The summed E-state index contributed by atoms with van der Waals surface area (Å²) in [4.78, 5) is 15.1. The summed E-state index contributed by atoms with van der Waals surface area (Å²) in [6.07, 6.45) is 3.31. The minimum absolute atomic E-state index is 0. The Morgan fingerprint density at radius 2 is 1.65 bits per heavy atom. The zero-order valence-electron chi connectivity index (χ0n) is 25.0. The molecule has 9 nitrogen and oxygen atoms in total. The maximum atomic E-state index is 12.6. The summed E-state index contributed by atoms with van der Waals surface area (Å²) in [5.74, 6) is 1.21. The van der Waals surface area contributed by atoms with Crippen LogP contribution in [-0.4, -0.2) is 62.4 Å². The maximum Gasteiger partial charge on any atom is 0.251 e. The number of anilines is 1. The van der Waals surface area contributed by atoms with Gasteiger partial charge in [-0.3, -0.25) is 14.4 Å². The number of aliphatic hydroxyl groups is 1.